The van der Waals surface area contributed by atoms with E-state index < -0.39 is 99.5 Å². The molecule has 0 aromatic heterocycles. The molecule has 0 radical (unpaired) electrons. The number of rotatable bonds is 8. The lowest BCUT2D eigenvalue weighted by atomic mass is 11.8. The molecule has 0 fully saturated rings. The quantitative estimate of drug-likeness (QED) is 0.213. The largest absolute Gasteiger partial charge is 0.0739 e. The van der Waals surface area contributed by atoms with Crippen LogP contribution in [0.25, 0.3) is 0 Å². The Labute approximate surface area is 293 Å². The van der Waals surface area contributed by atoms with Crippen LogP contribution in [-0.2, 0) is 0 Å². The van der Waals surface area contributed by atoms with Crippen LogP contribution in [0.5, 0.6) is 0 Å². The van der Waals surface area contributed by atoms with Crippen molar-refractivity contribution in [3.8, 4) is 0 Å². The molecule has 0 nitrogen and oxygen atoms in total. The summed E-state index contributed by atoms with van der Waals surface area (Å²) in [6, 6.07) is 0. The Morgan fingerprint density at radius 3 is 0.386 bits per heavy atom. The van der Waals surface area contributed by atoms with Crippen LogP contribution in [-0.4, -0.2) is 113 Å². The Morgan fingerprint density at radius 2 is 0.318 bits per heavy atom. The predicted octanol–water partition coefficient (Wildman–Crippen LogP) is 10.3. The van der Waals surface area contributed by atoms with Gasteiger partial charge in [-0.15, -0.1) is 0 Å². The molecular weight excluding hydrogens is 786 g/mol. The highest BCUT2D eigenvalue weighted by Gasteiger charge is 2.93. The van der Waals surface area contributed by atoms with Gasteiger partial charge in [-0.2, -0.15) is 0 Å². The monoisotopic (exact) mass is 868 g/mol. The van der Waals surface area contributed by atoms with E-state index in [1.165, 1.54) is 0 Å². The topological polar surface area (TPSA) is 0 Å². The number of hydrogen-bond acceptors (Lipinski definition) is 0. The zero-order valence-electron chi connectivity index (χ0n) is 36.0. The normalized spacial score (nSPS) is 25.4. The molecule has 0 atom stereocenters. The Hall–Kier alpha value is 3.47. The summed E-state index contributed by atoms with van der Waals surface area (Å²) in [5.41, 5.74) is 0. The number of hydrogen-bond donors (Lipinski definition) is 0. The van der Waals surface area contributed by atoms with Crippen molar-refractivity contribution in [3.05, 3.63) is 0 Å². The van der Waals surface area contributed by atoms with Gasteiger partial charge in [-0.1, -0.05) is 183 Å². The lowest BCUT2D eigenvalue weighted by Gasteiger charge is -2.74. The summed E-state index contributed by atoms with van der Waals surface area (Å²) < 4.78 is 0. The molecule has 2 aliphatic rings. The maximum atomic E-state index is 3.36. The third-order valence-corrected chi connectivity index (χ3v) is 526. The molecule has 0 saturated carbocycles. The van der Waals surface area contributed by atoms with Crippen LogP contribution in [0, 0.1) is 0 Å². The first kappa shape index (κ1) is 43.6. The first-order chi connectivity index (χ1) is 18.5. The van der Waals surface area contributed by atoms with E-state index in [4.69, 9.17) is 0 Å². The molecule has 44 heavy (non-hydrogen) atoms. The molecule has 0 aromatic rings. The maximum Gasteiger partial charge on any atom is 0.0380 e. The van der Waals surface area contributed by atoms with Crippen molar-refractivity contribution in [1.29, 1.82) is 0 Å². The lowest BCUT2D eigenvalue weighted by molar-refractivity contribution is 1.77. The van der Waals surface area contributed by atoms with Crippen LogP contribution < -0.4 is 0 Å². The van der Waals surface area contributed by atoms with Gasteiger partial charge in [-0.05, 0) is 13.9 Å². The van der Waals surface area contributed by atoms with Crippen LogP contribution >= 0.6 is 0 Å². The van der Waals surface area contributed by atoms with Gasteiger partial charge < -0.3 is 0 Å². The summed E-state index contributed by atoms with van der Waals surface area (Å²) >= 11 is 0. The second-order valence-electron chi connectivity index (χ2n) is 25.0. The van der Waals surface area contributed by atoms with Gasteiger partial charge in [0.15, 0.2) is 0 Å². The molecule has 0 spiro atoms. The maximum absolute atomic E-state index is 3.36. The molecule has 2 heterocycles. The van der Waals surface area contributed by atoms with E-state index in [1.54, 1.807) is 0 Å². The summed E-state index contributed by atoms with van der Waals surface area (Å²) in [6.07, 6.45) is -5.99. The molecular formula is C28H84Si16. The zero-order valence-corrected chi connectivity index (χ0v) is 52.0. The van der Waals surface area contributed by atoms with Crippen molar-refractivity contribution in [3.63, 3.8) is 0 Å². The summed E-state index contributed by atoms with van der Waals surface area (Å²) in [6.45, 7) is 87.8. The molecule has 0 unspecified atom stereocenters. The van der Waals surface area contributed by atoms with E-state index in [1.807, 2.05) is 0 Å². The highest BCUT2D eigenvalue weighted by Crippen LogP contribution is 2.63. The smallest absolute Gasteiger partial charge is 0.0380 e. The van der Waals surface area contributed by atoms with E-state index >= 15 is 0 Å². The van der Waals surface area contributed by atoms with Gasteiger partial charge in [0.25, 0.3) is 0 Å². The van der Waals surface area contributed by atoms with Gasteiger partial charge in [-0.3, -0.25) is 0 Å². The van der Waals surface area contributed by atoms with Crippen molar-refractivity contribution in [1.82, 2.24) is 0 Å². The molecule has 0 amide bonds. The zero-order chi connectivity index (χ0) is 36.2. The van der Waals surface area contributed by atoms with Gasteiger partial charge in [0.2, 0.25) is 0 Å². The minimum atomic E-state index is -1.50. The Morgan fingerprint density at radius 1 is 0.227 bits per heavy atom. The molecule has 260 valence electrons. The average molecular weight is 870 g/mol. The predicted molar refractivity (Wildman–Crippen MR) is 256 cm³/mol. The average Bonchev–Trinajstić information content (AvgIpc) is 2.90. The van der Waals surface area contributed by atoms with Crippen LogP contribution in [0.15, 0.2) is 0 Å². The van der Waals surface area contributed by atoms with Gasteiger partial charge in [-0.25, -0.2) is 0 Å². The van der Waals surface area contributed by atoms with Gasteiger partial charge in [0.05, 0.1) is 0 Å². The molecule has 2 aliphatic heterocycles. The summed E-state index contributed by atoms with van der Waals surface area (Å²) in [5, 5.41) is 0. The van der Waals surface area contributed by atoms with Crippen LogP contribution in [0.1, 0.15) is 0 Å². The highest BCUT2D eigenvalue weighted by molar-refractivity contribution is 8.50. The Bertz CT molecular complexity index is 952. The van der Waals surface area contributed by atoms with Gasteiger partial charge in [0, 0.05) is 99.5 Å². The fourth-order valence-corrected chi connectivity index (χ4v) is 1250. The molecule has 0 N–H and O–H groups in total. The lowest BCUT2D eigenvalue weighted by Crippen LogP contribution is -3.06. The van der Waals surface area contributed by atoms with E-state index in [2.05, 4.69) is 183 Å². The third kappa shape index (κ3) is 4.62. The van der Waals surface area contributed by atoms with E-state index in [0.29, 0.717) is 0 Å². The molecule has 0 aromatic carbocycles. The second-order valence-corrected chi connectivity index (χ2v) is 219. The molecule has 0 aliphatic carbocycles. The standard InChI is InChI=1S/C28H84Si16/c1-31(2,3)41(32(4,5)6)29-30(43(35(13,14)15,36(16,17)18)39(41,25)26)44(37(19,20)21,38(22,23)24)40(27,28)42(29,33(7,8)9)34(10,11)12/h1-28H3. The summed E-state index contributed by atoms with van der Waals surface area (Å²) in [4.78, 5) is 0. The van der Waals surface area contributed by atoms with E-state index in [9.17, 15) is 0 Å². The Balaban J connectivity index is 4.10. The first-order valence-electron chi connectivity index (χ1n) is 18.2. The van der Waals surface area contributed by atoms with Crippen molar-refractivity contribution in [2.75, 3.05) is 0 Å². The molecule has 16 heteroatoms. The van der Waals surface area contributed by atoms with Crippen molar-refractivity contribution in [2.45, 2.75) is 183 Å². The Kier molecular flexibility index (Phi) is 10.9. The van der Waals surface area contributed by atoms with E-state index in [0.717, 1.165) is 0 Å². The molecule has 0 saturated heterocycles. The molecule has 2 rings (SSSR count). The van der Waals surface area contributed by atoms with Crippen LogP contribution in [0.3, 0.4) is 0 Å². The highest BCUT2D eigenvalue weighted by atomic mass is 30.7. The van der Waals surface area contributed by atoms with Crippen molar-refractivity contribution >= 4 is 113 Å². The van der Waals surface area contributed by atoms with Crippen LogP contribution in [0.2, 0.25) is 183 Å². The first-order valence-corrected chi connectivity index (χ1v) is 80.2. The van der Waals surface area contributed by atoms with Gasteiger partial charge in [0.1, 0.15) is 0 Å². The van der Waals surface area contributed by atoms with Gasteiger partial charge >= 0.3 is 0 Å². The summed E-state index contributed by atoms with van der Waals surface area (Å²) in [7, 11) is -14.2. The fourth-order valence-electron chi connectivity index (χ4n) is 18.1. The second kappa shape index (κ2) is 11.0. The van der Waals surface area contributed by atoms with Crippen molar-refractivity contribution < 1.29 is 0 Å². The van der Waals surface area contributed by atoms with Crippen LogP contribution in [0.4, 0.5) is 0 Å². The van der Waals surface area contributed by atoms with Crippen molar-refractivity contribution in [2.24, 2.45) is 0 Å². The SMILES string of the molecule is C[Si](C)(C)[Si]1([Si](C)(C)C)[Si]2=[Si]([Si]([Si](C)(C)C)([Si](C)(C)C)[Si]1(C)C)[Si]([Si](C)(C)C)([Si](C)(C)C)[Si](C)(C)[Si]2([Si](C)(C)C)[Si](C)(C)C. The third-order valence-electron chi connectivity index (χ3n) is 14.5. The summed E-state index contributed by atoms with van der Waals surface area (Å²) in [5.74, 6) is 0. The minimum absolute atomic E-state index is 0.284. The fraction of sp³-hybridized carbons (Fsp3) is 1.00. The van der Waals surface area contributed by atoms with E-state index in [-0.39, 0.29) is 13.9 Å². The minimum Gasteiger partial charge on any atom is -0.0739 e. The molecule has 0 bridgehead atoms.